The summed E-state index contributed by atoms with van der Waals surface area (Å²) in [6.45, 7) is 5.01. The monoisotopic (exact) mass is 493 g/mol. The predicted octanol–water partition coefficient (Wildman–Crippen LogP) is 3.42. The Bertz CT molecular complexity index is 1210. The van der Waals surface area contributed by atoms with E-state index >= 15 is 0 Å². The van der Waals surface area contributed by atoms with Crippen molar-refractivity contribution in [3.05, 3.63) is 101 Å². The lowest BCUT2D eigenvalue weighted by molar-refractivity contribution is 0.0342. The van der Waals surface area contributed by atoms with Gasteiger partial charge in [0.2, 0.25) is 10.0 Å². The molecule has 0 saturated carbocycles. The molecular formula is C27H31N3O4S. The van der Waals surface area contributed by atoms with Gasteiger partial charge < -0.3 is 10.1 Å². The number of anilines is 1. The maximum Gasteiger partial charge on any atom is 0.251 e. The van der Waals surface area contributed by atoms with Crippen LogP contribution >= 0.6 is 0 Å². The number of benzene rings is 3. The first-order valence-corrected chi connectivity index (χ1v) is 13.5. The Kier molecular flexibility index (Phi) is 8.17. The van der Waals surface area contributed by atoms with Gasteiger partial charge in [0, 0.05) is 31.7 Å². The standard InChI is InChI=1S/C27H31N3O4S/c1-35(32,33)30(21-23-5-3-2-4-6-23)26-13-11-25(12-14-26)27(31)28-19-22-7-9-24(10-8-22)20-29-15-17-34-18-16-29/h2-14H,15-21H2,1H3,(H,28,31). The van der Waals surface area contributed by atoms with Crippen LogP contribution in [0, 0.1) is 0 Å². The zero-order chi connectivity index (χ0) is 24.7. The van der Waals surface area contributed by atoms with E-state index in [1.807, 2.05) is 42.5 Å². The van der Waals surface area contributed by atoms with Gasteiger partial charge in [-0.05, 0) is 41.0 Å². The number of carbonyl (C=O) groups is 1. The molecule has 1 N–H and O–H groups in total. The van der Waals surface area contributed by atoms with Gasteiger partial charge in [-0.15, -0.1) is 0 Å². The van der Waals surface area contributed by atoms with Crippen LogP contribution in [0.5, 0.6) is 0 Å². The first-order chi connectivity index (χ1) is 16.9. The number of nitrogens with one attached hydrogen (secondary N) is 1. The van der Waals surface area contributed by atoms with E-state index in [2.05, 4.69) is 22.3 Å². The zero-order valence-corrected chi connectivity index (χ0v) is 20.7. The molecule has 184 valence electrons. The Morgan fingerprint density at radius 3 is 2.14 bits per heavy atom. The smallest absolute Gasteiger partial charge is 0.251 e. The molecule has 0 aliphatic carbocycles. The van der Waals surface area contributed by atoms with Crippen molar-refractivity contribution in [2.75, 3.05) is 36.9 Å². The second-order valence-electron chi connectivity index (χ2n) is 8.69. The number of nitrogens with zero attached hydrogens (tertiary/aromatic N) is 2. The molecule has 1 saturated heterocycles. The fraction of sp³-hybridized carbons (Fsp3) is 0.296. The van der Waals surface area contributed by atoms with E-state index in [0.29, 0.717) is 17.8 Å². The summed E-state index contributed by atoms with van der Waals surface area (Å²) in [5.74, 6) is -0.206. The van der Waals surface area contributed by atoms with Crippen molar-refractivity contribution in [3.63, 3.8) is 0 Å². The Morgan fingerprint density at radius 2 is 1.51 bits per heavy atom. The van der Waals surface area contributed by atoms with Crippen molar-refractivity contribution in [1.29, 1.82) is 0 Å². The van der Waals surface area contributed by atoms with Crippen molar-refractivity contribution < 1.29 is 17.9 Å². The largest absolute Gasteiger partial charge is 0.379 e. The summed E-state index contributed by atoms with van der Waals surface area (Å²) in [4.78, 5) is 15.0. The Balaban J connectivity index is 1.34. The van der Waals surface area contributed by atoms with Crippen LogP contribution in [0.4, 0.5) is 5.69 Å². The summed E-state index contributed by atoms with van der Waals surface area (Å²) in [5.41, 5.74) is 4.14. The highest BCUT2D eigenvalue weighted by Crippen LogP contribution is 2.21. The number of rotatable bonds is 9. The van der Waals surface area contributed by atoms with Crippen LogP contribution in [-0.2, 0) is 34.4 Å². The first kappa shape index (κ1) is 24.9. The lowest BCUT2D eigenvalue weighted by Gasteiger charge is -2.26. The summed E-state index contributed by atoms with van der Waals surface area (Å²) in [7, 11) is -3.49. The van der Waals surface area contributed by atoms with Gasteiger partial charge in [-0.3, -0.25) is 14.0 Å². The van der Waals surface area contributed by atoms with Crippen LogP contribution in [0.3, 0.4) is 0 Å². The topological polar surface area (TPSA) is 79.0 Å². The number of hydrogen-bond donors (Lipinski definition) is 1. The molecule has 0 atom stereocenters. The second-order valence-corrected chi connectivity index (χ2v) is 10.6. The fourth-order valence-electron chi connectivity index (χ4n) is 3.99. The molecule has 7 nitrogen and oxygen atoms in total. The second kappa shape index (κ2) is 11.5. The van der Waals surface area contributed by atoms with Crippen LogP contribution in [0.1, 0.15) is 27.0 Å². The lowest BCUT2D eigenvalue weighted by atomic mass is 10.1. The van der Waals surface area contributed by atoms with E-state index < -0.39 is 10.0 Å². The molecule has 0 bridgehead atoms. The zero-order valence-electron chi connectivity index (χ0n) is 19.9. The van der Waals surface area contributed by atoms with E-state index in [-0.39, 0.29) is 12.5 Å². The lowest BCUT2D eigenvalue weighted by Crippen LogP contribution is -2.35. The minimum atomic E-state index is -3.49. The summed E-state index contributed by atoms with van der Waals surface area (Å²) in [6, 6.07) is 24.3. The van der Waals surface area contributed by atoms with Crippen molar-refractivity contribution in [2.45, 2.75) is 19.6 Å². The molecule has 8 heteroatoms. The van der Waals surface area contributed by atoms with E-state index in [4.69, 9.17) is 4.74 Å². The molecule has 0 spiro atoms. The summed E-state index contributed by atoms with van der Waals surface area (Å²) in [6.07, 6.45) is 1.18. The van der Waals surface area contributed by atoms with E-state index in [1.165, 1.54) is 16.1 Å². The molecule has 1 aliphatic heterocycles. The normalized spacial score (nSPS) is 14.4. The third kappa shape index (κ3) is 7.14. The molecule has 1 heterocycles. The SMILES string of the molecule is CS(=O)(=O)N(Cc1ccccc1)c1ccc(C(=O)NCc2ccc(CN3CCOCC3)cc2)cc1. The summed E-state index contributed by atoms with van der Waals surface area (Å²) >= 11 is 0. The fourth-order valence-corrected chi connectivity index (χ4v) is 4.88. The average Bonchev–Trinajstić information content (AvgIpc) is 2.87. The van der Waals surface area contributed by atoms with Crippen molar-refractivity contribution in [3.8, 4) is 0 Å². The van der Waals surface area contributed by atoms with Gasteiger partial charge in [0.1, 0.15) is 0 Å². The van der Waals surface area contributed by atoms with Crippen molar-refractivity contribution >= 4 is 21.6 Å². The molecule has 1 aliphatic rings. The molecule has 0 radical (unpaired) electrons. The molecular weight excluding hydrogens is 462 g/mol. The number of hydrogen-bond acceptors (Lipinski definition) is 5. The van der Waals surface area contributed by atoms with Gasteiger partial charge in [-0.25, -0.2) is 8.42 Å². The number of carbonyl (C=O) groups excluding carboxylic acids is 1. The molecule has 35 heavy (non-hydrogen) atoms. The highest BCUT2D eigenvalue weighted by Gasteiger charge is 2.18. The Morgan fingerprint density at radius 1 is 0.886 bits per heavy atom. The number of amides is 1. The minimum Gasteiger partial charge on any atom is -0.379 e. The van der Waals surface area contributed by atoms with Gasteiger partial charge >= 0.3 is 0 Å². The van der Waals surface area contributed by atoms with Crippen molar-refractivity contribution in [1.82, 2.24) is 10.2 Å². The van der Waals surface area contributed by atoms with E-state index in [1.54, 1.807) is 24.3 Å². The quantitative estimate of drug-likeness (QED) is 0.494. The molecule has 3 aromatic rings. The Labute approximate surface area is 207 Å². The van der Waals surface area contributed by atoms with Crippen LogP contribution < -0.4 is 9.62 Å². The third-order valence-corrected chi connectivity index (χ3v) is 7.11. The number of ether oxygens (including phenoxy) is 1. The molecule has 3 aromatic carbocycles. The third-order valence-electron chi connectivity index (χ3n) is 5.97. The maximum absolute atomic E-state index is 12.7. The van der Waals surface area contributed by atoms with Crippen LogP contribution in [0.25, 0.3) is 0 Å². The molecule has 1 amide bonds. The van der Waals surface area contributed by atoms with Gasteiger partial charge in [-0.2, -0.15) is 0 Å². The predicted molar refractivity (Wildman–Crippen MR) is 138 cm³/mol. The van der Waals surface area contributed by atoms with Gasteiger partial charge in [-0.1, -0.05) is 54.6 Å². The van der Waals surface area contributed by atoms with E-state index in [9.17, 15) is 13.2 Å². The highest BCUT2D eigenvalue weighted by atomic mass is 32.2. The number of morpholine rings is 1. The van der Waals surface area contributed by atoms with Crippen LogP contribution in [-0.4, -0.2) is 51.8 Å². The summed E-state index contributed by atoms with van der Waals surface area (Å²) in [5, 5.41) is 2.94. The van der Waals surface area contributed by atoms with Gasteiger partial charge in [0.05, 0.1) is 31.7 Å². The highest BCUT2D eigenvalue weighted by molar-refractivity contribution is 7.92. The minimum absolute atomic E-state index is 0.206. The molecule has 4 rings (SSSR count). The van der Waals surface area contributed by atoms with Crippen LogP contribution in [0.2, 0.25) is 0 Å². The van der Waals surface area contributed by atoms with E-state index in [0.717, 1.165) is 44.0 Å². The summed E-state index contributed by atoms with van der Waals surface area (Å²) < 4.78 is 31.5. The first-order valence-electron chi connectivity index (χ1n) is 11.7. The maximum atomic E-state index is 12.7. The average molecular weight is 494 g/mol. The molecule has 1 fully saturated rings. The van der Waals surface area contributed by atoms with Crippen molar-refractivity contribution in [2.24, 2.45) is 0 Å². The van der Waals surface area contributed by atoms with Crippen LogP contribution in [0.15, 0.2) is 78.9 Å². The van der Waals surface area contributed by atoms with Gasteiger partial charge in [0.15, 0.2) is 0 Å². The van der Waals surface area contributed by atoms with Gasteiger partial charge in [0.25, 0.3) is 5.91 Å². The molecule has 0 aromatic heterocycles. The molecule has 0 unspecified atom stereocenters. The Hall–Kier alpha value is -3.20. The number of sulfonamides is 1.